The van der Waals surface area contributed by atoms with Gasteiger partial charge in [0, 0.05) is 38.2 Å². The Hall–Kier alpha value is -1.33. The highest BCUT2D eigenvalue weighted by Gasteiger charge is 2.06. The van der Waals surface area contributed by atoms with Crippen LogP contribution in [0.15, 0.2) is 34.1 Å². The van der Waals surface area contributed by atoms with Gasteiger partial charge in [-0.1, -0.05) is 0 Å². The van der Waals surface area contributed by atoms with Crippen LogP contribution >= 0.6 is 27.3 Å². The number of carbonyl (C=O) groups excluding carboxylic acids is 1. The number of carbonyl (C=O) groups is 1. The van der Waals surface area contributed by atoms with Crippen molar-refractivity contribution in [2.75, 3.05) is 11.1 Å². The largest absolute Gasteiger partial charge is 0.398 e. The van der Waals surface area contributed by atoms with Gasteiger partial charge < -0.3 is 11.1 Å². The summed E-state index contributed by atoms with van der Waals surface area (Å²) >= 11 is 5.10. The summed E-state index contributed by atoms with van der Waals surface area (Å²) in [4.78, 5) is 12.6. The average Bonchev–Trinajstić information content (AvgIpc) is 2.74. The first-order valence-electron chi connectivity index (χ1n) is 5.43. The predicted molar refractivity (Wildman–Crippen MR) is 80.2 cm³/mol. The fourth-order valence-corrected chi connectivity index (χ4v) is 3.00. The van der Waals surface area contributed by atoms with Crippen LogP contribution in [0.1, 0.15) is 22.2 Å². The van der Waals surface area contributed by atoms with Crippen molar-refractivity contribution in [1.29, 1.82) is 0 Å². The Balaban J connectivity index is 2.10. The Morgan fingerprint density at radius 1 is 1.44 bits per heavy atom. The molecule has 0 saturated carbocycles. The number of thiophene rings is 1. The van der Waals surface area contributed by atoms with Crippen LogP contribution in [-0.2, 0) is 6.54 Å². The van der Waals surface area contributed by atoms with E-state index in [1.807, 2.05) is 11.4 Å². The van der Waals surface area contributed by atoms with E-state index in [4.69, 9.17) is 5.73 Å². The molecule has 2 aromatic rings. The van der Waals surface area contributed by atoms with Crippen LogP contribution in [0.3, 0.4) is 0 Å². The Labute approximate surface area is 118 Å². The van der Waals surface area contributed by atoms with E-state index in [0.29, 0.717) is 11.3 Å². The number of halogens is 1. The molecule has 0 amide bonds. The molecule has 1 heterocycles. The number of benzene rings is 1. The molecule has 0 radical (unpaired) electrons. The van der Waals surface area contributed by atoms with Gasteiger partial charge in [0.15, 0.2) is 5.78 Å². The molecule has 0 spiro atoms. The Morgan fingerprint density at radius 3 is 2.83 bits per heavy atom. The smallest absolute Gasteiger partial charge is 0.161 e. The van der Waals surface area contributed by atoms with Crippen molar-refractivity contribution in [3.63, 3.8) is 0 Å². The molecular formula is C13H13BrN2OS. The third-order valence-corrected chi connectivity index (χ3v) is 4.22. The minimum absolute atomic E-state index is 0.0185. The molecule has 0 aliphatic heterocycles. The van der Waals surface area contributed by atoms with Gasteiger partial charge in [-0.2, -0.15) is 0 Å². The van der Waals surface area contributed by atoms with Crippen molar-refractivity contribution in [2.45, 2.75) is 13.5 Å². The average molecular weight is 325 g/mol. The SMILES string of the molecule is CC(=O)c1cc(NCc2cc(Br)cs2)ccc1N. The maximum atomic E-state index is 11.4. The number of rotatable bonds is 4. The summed E-state index contributed by atoms with van der Waals surface area (Å²) < 4.78 is 1.09. The van der Waals surface area contributed by atoms with Crippen molar-refractivity contribution in [3.05, 3.63) is 44.6 Å². The number of hydrogen-bond donors (Lipinski definition) is 2. The van der Waals surface area contributed by atoms with E-state index in [-0.39, 0.29) is 5.78 Å². The molecular weight excluding hydrogens is 312 g/mol. The number of nitrogens with one attached hydrogen (secondary N) is 1. The van der Waals surface area contributed by atoms with E-state index in [1.54, 1.807) is 23.5 Å². The van der Waals surface area contributed by atoms with Crippen LogP contribution in [0.2, 0.25) is 0 Å². The number of hydrogen-bond acceptors (Lipinski definition) is 4. The first-order valence-corrected chi connectivity index (χ1v) is 7.11. The fourth-order valence-electron chi connectivity index (χ4n) is 1.61. The van der Waals surface area contributed by atoms with Crippen molar-refractivity contribution in [1.82, 2.24) is 0 Å². The quantitative estimate of drug-likeness (QED) is 0.662. The van der Waals surface area contributed by atoms with Gasteiger partial charge in [0.25, 0.3) is 0 Å². The first kappa shape index (κ1) is 13.1. The molecule has 1 aromatic heterocycles. The number of nitrogen functional groups attached to an aromatic ring is 1. The van der Waals surface area contributed by atoms with Crippen molar-refractivity contribution in [3.8, 4) is 0 Å². The maximum Gasteiger partial charge on any atom is 0.161 e. The van der Waals surface area contributed by atoms with Crippen LogP contribution in [0.5, 0.6) is 0 Å². The molecule has 0 atom stereocenters. The highest BCUT2D eigenvalue weighted by atomic mass is 79.9. The summed E-state index contributed by atoms with van der Waals surface area (Å²) in [6, 6.07) is 7.50. The second kappa shape index (κ2) is 5.54. The Morgan fingerprint density at radius 2 is 2.22 bits per heavy atom. The molecule has 0 unspecified atom stereocenters. The molecule has 0 saturated heterocycles. The van der Waals surface area contributed by atoms with Crippen LogP contribution in [-0.4, -0.2) is 5.78 Å². The lowest BCUT2D eigenvalue weighted by Gasteiger charge is -2.08. The first-order chi connectivity index (χ1) is 8.56. The fraction of sp³-hybridized carbons (Fsp3) is 0.154. The molecule has 3 nitrogen and oxygen atoms in total. The second-order valence-corrected chi connectivity index (χ2v) is 5.85. The summed E-state index contributed by atoms with van der Waals surface area (Å²) in [7, 11) is 0. The van der Waals surface area contributed by atoms with E-state index < -0.39 is 0 Å². The molecule has 94 valence electrons. The van der Waals surface area contributed by atoms with E-state index >= 15 is 0 Å². The number of nitrogens with two attached hydrogens (primary N) is 1. The molecule has 0 aliphatic rings. The Kier molecular flexibility index (Phi) is 4.04. The second-order valence-electron chi connectivity index (χ2n) is 3.94. The van der Waals surface area contributed by atoms with Gasteiger partial charge in [-0.25, -0.2) is 0 Å². The van der Waals surface area contributed by atoms with Gasteiger partial charge in [0.2, 0.25) is 0 Å². The number of anilines is 2. The van der Waals surface area contributed by atoms with Crippen LogP contribution in [0, 0.1) is 0 Å². The van der Waals surface area contributed by atoms with Crippen LogP contribution < -0.4 is 11.1 Å². The highest BCUT2D eigenvalue weighted by molar-refractivity contribution is 9.10. The van der Waals surface area contributed by atoms with Gasteiger partial charge in [-0.3, -0.25) is 4.79 Å². The lowest BCUT2D eigenvalue weighted by atomic mass is 10.1. The van der Waals surface area contributed by atoms with Crippen molar-refractivity contribution >= 4 is 44.4 Å². The minimum atomic E-state index is -0.0185. The molecule has 3 N–H and O–H groups in total. The topological polar surface area (TPSA) is 55.1 Å². The lowest BCUT2D eigenvalue weighted by molar-refractivity contribution is 0.101. The summed E-state index contributed by atoms with van der Waals surface area (Å²) in [5, 5.41) is 5.32. The standard InChI is InChI=1S/C13H13BrN2OS/c1-8(17)12-5-10(2-3-13(12)15)16-6-11-4-9(14)7-18-11/h2-5,7,16H,6,15H2,1H3. The highest BCUT2D eigenvalue weighted by Crippen LogP contribution is 2.22. The zero-order valence-corrected chi connectivity index (χ0v) is 12.3. The molecule has 1 aromatic carbocycles. The lowest BCUT2D eigenvalue weighted by Crippen LogP contribution is -2.03. The van der Waals surface area contributed by atoms with Crippen LogP contribution in [0.25, 0.3) is 0 Å². The summed E-state index contributed by atoms with van der Waals surface area (Å²) in [6.07, 6.45) is 0. The third-order valence-electron chi connectivity index (χ3n) is 2.52. The van der Waals surface area contributed by atoms with Gasteiger partial charge >= 0.3 is 0 Å². The minimum Gasteiger partial charge on any atom is -0.398 e. The molecule has 0 aliphatic carbocycles. The zero-order chi connectivity index (χ0) is 13.1. The summed E-state index contributed by atoms with van der Waals surface area (Å²) in [5.41, 5.74) is 7.73. The van der Waals surface area contributed by atoms with E-state index in [2.05, 4.69) is 27.3 Å². The predicted octanol–water partition coefficient (Wildman–Crippen LogP) is 3.91. The molecule has 0 bridgehead atoms. The molecule has 0 fully saturated rings. The maximum absolute atomic E-state index is 11.4. The zero-order valence-electron chi connectivity index (χ0n) is 9.87. The molecule has 18 heavy (non-hydrogen) atoms. The van der Waals surface area contributed by atoms with Crippen LogP contribution in [0.4, 0.5) is 11.4 Å². The van der Waals surface area contributed by atoms with Crippen molar-refractivity contribution in [2.24, 2.45) is 0 Å². The van der Waals surface area contributed by atoms with Gasteiger partial charge in [0.1, 0.15) is 0 Å². The van der Waals surface area contributed by atoms with Gasteiger partial charge in [0.05, 0.1) is 0 Å². The summed E-state index contributed by atoms with van der Waals surface area (Å²) in [6.45, 7) is 2.25. The Bertz CT molecular complexity index is 580. The summed E-state index contributed by atoms with van der Waals surface area (Å²) in [5.74, 6) is -0.0185. The van der Waals surface area contributed by atoms with E-state index in [9.17, 15) is 4.79 Å². The van der Waals surface area contributed by atoms with E-state index in [1.165, 1.54) is 11.8 Å². The number of Topliss-reactive ketones (excluding diaryl/α,β-unsaturated/α-hetero) is 1. The monoisotopic (exact) mass is 324 g/mol. The van der Waals surface area contributed by atoms with Gasteiger partial charge in [-0.15, -0.1) is 11.3 Å². The third kappa shape index (κ3) is 3.11. The van der Waals surface area contributed by atoms with Crippen molar-refractivity contribution < 1.29 is 4.79 Å². The number of ketones is 1. The van der Waals surface area contributed by atoms with Gasteiger partial charge in [-0.05, 0) is 47.1 Å². The molecule has 5 heteroatoms. The molecule has 2 rings (SSSR count). The normalized spacial score (nSPS) is 10.3. The van der Waals surface area contributed by atoms with E-state index in [0.717, 1.165) is 16.7 Å².